The quantitative estimate of drug-likeness (QED) is 0.739. The molecule has 26 heavy (non-hydrogen) atoms. The largest absolute Gasteiger partial charge is 0.346 e. The highest BCUT2D eigenvalue weighted by molar-refractivity contribution is 7.91. The van der Waals surface area contributed by atoms with Gasteiger partial charge in [0.05, 0.1) is 17.0 Å². The Morgan fingerprint density at radius 3 is 2.92 bits per heavy atom. The van der Waals surface area contributed by atoms with E-state index in [9.17, 15) is 13.2 Å². The number of carbonyl (C=O) groups is 1. The number of aromatic nitrogens is 4. The second kappa shape index (κ2) is 5.87. The van der Waals surface area contributed by atoms with Gasteiger partial charge in [0.25, 0.3) is 11.7 Å². The van der Waals surface area contributed by atoms with Gasteiger partial charge in [-0.15, -0.1) is 10.2 Å². The van der Waals surface area contributed by atoms with Crippen molar-refractivity contribution in [2.45, 2.75) is 18.9 Å². The van der Waals surface area contributed by atoms with Gasteiger partial charge >= 0.3 is 0 Å². The van der Waals surface area contributed by atoms with E-state index in [1.807, 2.05) is 12.3 Å². The molecule has 134 valence electrons. The molecular weight excluding hydrogens is 354 g/mol. The number of nitrogens with zero attached hydrogens (tertiary/aromatic N) is 4. The zero-order valence-electron chi connectivity index (χ0n) is 14.1. The predicted molar refractivity (Wildman–Crippen MR) is 95.4 cm³/mol. The summed E-state index contributed by atoms with van der Waals surface area (Å²) in [5.74, 6) is 0.288. The normalized spacial score (nSPS) is 21.7. The summed E-state index contributed by atoms with van der Waals surface area (Å²) in [5, 5.41) is 10.5. The van der Waals surface area contributed by atoms with E-state index in [-0.39, 0.29) is 17.4 Å². The fourth-order valence-electron chi connectivity index (χ4n) is 3.17. The molecule has 0 spiro atoms. The summed E-state index contributed by atoms with van der Waals surface area (Å²) in [6, 6.07) is 7.13. The first kappa shape index (κ1) is 16.6. The maximum atomic E-state index is 12.6. The van der Waals surface area contributed by atoms with Crippen molar-refractivity contribution in [2.75, 3.05) is 11.5 Å². The van der Waals surface area contributed by atoms with E-state index in [0.717, 1.165) is 11.1 Å². The van der Waals surface area contributed by atoms with Crippen LogP contribution in [0.3, 0.4) is 0 Å². The molecule has 1 unspecified atom stereocenters. The third kappa shape index (κ3) is 3.17. The molecule has 1 atom stereocenters. The molecule has 3 aromatic rings. The summed E-state index contributed by atoms with van der Waals surface area (Å²) in [4.78, 5) is 16.8. The lowest BCUT2D eigenvalue weighted by molar-refractivity contribution is 0.0915. The van der Waals surface area contributed by atoms with E-state index in [2.05, 4.69) is 20.5 Å². The first-order chi connectivity index (χ1) is 12.3. The van der Waals surface area contributed by atoms with E-state index in [4.69, 9.17) is 0 Å². The summed E-state index contributed by atoms with van der Waals surface area (Å²) < 4.78 is 25.1. The van der Waals surface area contributed by atoms with Crippen LogP contribution in [0, 0.1) is 0 Å². The minimum atomic E-state index is -3.09. The Balaban J connectivity index is 1.60. The minimum Gasteiger partial charge on any atom is -0.346 e. The number of rotatable bonds is 3. The van der Waals surface area contributed by atoms with Crippen molar-refractivity contribution in [3.8, 4) is 11.1 Å². The number of nitrogens with one attached hydrogen (secondary N) is 1. The van der Waals surface area contributed by atoms with Gasteiger partial charge in [0, 0.05) is 23.5 Å². The lowest BCUT2D eigenvalue weighted by Gasteiger charge is -2.24. The van der Waals surface area contributed by atoms with Crippen molar-refractivity contribution in [1.82, 2.24) is 24.9 Å². The molecule has 8 nitrogen and oxygen atoms in total. The maximum Gasteiger partial charge on any atom is 0.254 e. The number of fused-ring (bicyclic) bond motifs is 1. The van der Waals surface area contributed by atoms with Crippen LogP contribution in [0.25, 0.3) is 16.9 Å². The van der Waals surface area contributed by atoms with Crippen LogP contribution in [0.15, 0.2) is 43.0 Å². The molecule has 1 amide bonds. The van der Waals surface area contributed by atoms with Gasteiger partial charge in [0.1, 0.15) is 6.33 Å². The van der Waals surface area contributed by atoms with Crippen LogP contribution in [-0.4, -0.2) is 51.0 Å². The van der Waals surface area contributed by atoms with Gasteiger partial charge in [-0.2, -0.15) is 0 Å². The highest BCUT2D eigenvalue weighted by atomic mass is 32.2. The Morgan fingerprint density at radius 1 is 1.31 bits per heavy atom. The fraction of sp³-hybridized carbons (Fsp3) is 0.294. The van der Waals surface area contributed by atoms with E-state index in [1.165, 1.54) is 0 Å². The highest BCUT2D eigenvalue weighted by Crippen LogP contribution is 2.24. The molecule has 3 heterocycles. The summed E-state index contributed by atoms with van der Waals surface area (Å²) in [7, 11) is -3.09. The molecule has 0 saturated carbocycles. The van der Waals surface area contributed by atoms with Crippen LogP contribution in [0.5, 0.6) is 0 Å². The molecule has 4 rings (SSSR count). The Labute approximate surface area is 150 Å². The summed E-state index contributed by atoms with van der Waals surface area (Å²) in [6.45, 7) is 1.77. The number of hydrogen-bond acceptors (Lipinski definition) is 6. The Bertz CT molecular complexity index is 1110. The van der Waals surface area contributed by atoms with Crippen molar-refractivity contribution >= 4 is 21.5 Å². The Morgan fingerprint density at radius 2 is 2.15 bits per heavy atom. The lowest BCUT2D eigenvalue weighted by atomic mass is 10.0. The third-order valence-electron chi connectivity index (χ3n) is 4.53. The van der Waals surface area contributed by atoms with Crippen molar-refractivity contribution in [2.24, 2.45) is 0 Å². The van der Waals surface area contributed by atoms with Crippen molar-refractivity contribution in [3.63, 3.8) is 0 Å². The van der Waals surface area contributed by atoms with Gasteiger partial charge in [0.15, 0.2) is 9.84 Å². The van der Waals surface area contributed by atoms with E-state index in [1.54, 1.807) is 42.0 Å². The number of carbonyl (C=O) groups excluding carboxylic acids is 1. The molecule has 0 radical (unpaired) electrons. The van der Waals surface area contributed by atoms with Crippen molar-refractivity contribution in [3.05, 3.63) is 48.5 Å². The molecular formula is C17H17N5O3S. The van der Waals surface area contributed by atoms with Gasteiger partial charge in [-0.3, -0.25) is 9.20 Å². The number of benzene rings is 1. The summed E-state index contributed by atoms with van der Waals surface area (Å²) in [6.07, 6.45) is 5.49. The van der Waals surface area contributed by atoms with Crippen LogP contribution in [-0.2, 0) is 9.84 Å². The van der Waals surface area contributed by atoms with Crippen LogP contribution in [0.1, 0.15) is 23.7 Å². The fourth-order valence-corrected chi connectivity index (χ4v) is 5.27. The monoisotopic (exact) mass is 371 g/mol. The molecule has 2 aromatic heterocycles. The smallest absolute Gasteiger partial charge is 0.254 e. The van der Waals surface area contributed by atoms with Gasteiger partial charge in [0.2, 0.25) is 0 Å². The third-order valence-corrected chi connectivity index (χ3v) is 6.43. The predicted octanol–water partition coefficient (Wildman–Crippen LogP) is 1.10. The van der Waals surface area contributed by atoms with Gasteiger partial charge in [-0.1, -0.05) is 12.1 Å². The molecule has 1 N–H and O–H groups in total. The molecule has 1 saturated heterocycles. The standard InChI is InChI=1S/C17H17N5O3S/c1-17(5-6-26(24,25)10-17)20-15(23)13-4-2-3-12(7-13)14-8-18-16-21-19-11-22(16)9-14/h2-4,7-9,11H,5-6,10H2,1H3,(H,20,23). The second-order valence-corrected chi connectivity index (χ2v) is 9.00. The maximum absolute atomic E-state index is 12.6. The van der Waals surface area contributed by atoms with E-state index in [0.29, 0.717) is 17.8 Å². The lowest BCUT2D eigenvalue weighted by Crippen LogP contribution is -2.46. The molecule has 0 bridgehead atoms. The van der Waals surface area contributed by atoms with Crippen LogP contribution < -0.4 is 5.32 Å². The zero-order valence-corrected chi connectivity index (χ0v) is 14.9. The topological polar surface area (TPSA) is 106 Å². The first-order valence-corrected chi connectivity index (χ1v) is 9.95. The Kier molecular flexibility index (Phi) is 3.76. The SMILES string of the molecule is CC1(NC(=O)c2cccc(-c3cnc4nncn4c3)c2)CCS(=O)(=O)C1. The van der Waals surface area contributed by atoms with Crippen LogP contribution >= 0.6 is 0 Å². The first-order valence-electron chi connectivity index (χ1n) is 8.12. The van der Waals surface area contributed by atoms with E-state index < -0.39 is 15.4 Å². The van der Waals surface area contributed by atoms with Gasteiger partial charge < -0.3 is 5.32 Å². The number of sulfone groups is 1. The second-order valence-electron chi connectivity index (χ2n) is 6.82. The molecule has 0 aliphatic carbocycles. The Hall–Kier alpha value is -2.81. The molecule has 9 heteroatoms. The van der Waals surface area contributed by atoms with Gasteiger partial charge in [-0.25, -0.2) is 13.4 Å². The molecule has 1 aliphatic heterocycles. The van der Waals surface area contributed by atoms with Crippen molar-refractivity contribution in [1.29, 1.82) is 0 Å². The van der Waals surface area contributed by atoms with Crippen LogP contribution in [0.2, 0.25) is 0 Å². The highest BCUT2D eigenvalue weighted by Gasteiger charge is 2.39. The molecule has 1 fully saturated rings. The van der Waals surface area contributed by atoms with E-state index >= 15 is 0 Å². The number of amides is 1. The zero-order chi connectivity index (χ0) is 18.4. The average Bonchev–Trinajstić information content (AvgIpc) is 3.17. The van der Waals surface area contributed by atoms with Gasteiger partial charge in [-0.05, 0) is 31.0 Å². The minimum absolute atomic E-state index is 0.0281. The summed E-state index contributed by atoms with van der Waals surface area (Å²) in [5.41, 5.74) is 1.39. The average molecular weight is 371 g/mol. The molecule has 1 aromatic carbocycles. The number of hydrogen-bond donors (Lipinski definition) is 1. The van der Waals surface area contributed by atoms with Crippen molar-refractivity contribution < 1.29 is 13.2 Å². The summed E-state index contributed by atoms with van der Waals surface area (Å²) >= 11 is 0. The van der Waals surface area contributed by atoms with Crippen LogP contribution in [0.4, 0.5) is 0 Å². The molecule has 1 aliphatic rings.